The Labute approximate surface area is 96.8 Å². The number of fused-ring (bicyclic) bond motifs is 1. The van der Waals surface area contributed by atoms with Gasteiger partial charge in [0.2, 0.25) is 0 Å². The number of halogens is 1. The van der Waals surface area contributed by atoms with E-state index < -0.39 is 17.6 Å². The van der Waals surface area contributed by atoms with E-state index in [1.54, 1.807) is 30.3 Å². The summed E-state index contributed by atoms with van der Waals surface area (Å²) in [6.45, 7) is 0. The number of carbonyl (C=O) groups excluding carboxylic acids is 2. The van der Waals surface area contributed by atoms with Crippen LogP contribution < -0.4 is 0 Å². The SMILES string of the molecule is COC(=O)C(=O)c1ccc2ccccc2c1F. The summed E-state index contributed by atoms with van der Waals surface area (Å²) >= 11 is 0. The van der Waals surface area contributed by atoms with E-state index in [1.165, 1.54) is 6.07 Å². The summed E-state index contributed by atoms with van der Waals surface area (Å²) in [6, 6.07) is 9.59. The van der Waals surface area contributed by atoms with E-state index in [9.17, 15) is 14.0 Å². The van der Waals surface area contributed by atoms with Gasteiger partial charge in [0.25, 0.3) is 5.78 Å². The molecule has 0 saturated heterocycles. The third-order valence-electron chi connectivity index (χ3n) is 2.48. The maximum atomic E-state index is 14.0. The molecule has 0 aliphatic carbocycles. The summed E-state index contributed by atoms with van der Waals surface area (Å²) in [5.41, 5.74) is -0.268. The molecular formula is C13H9FO3. The molecule has 0 saturated carbocycles. The lowest BCUT2D eigenvalue weighted by Crippen LogP contribution is -2.17. The van der Waals surface area contributed by atoms with E-state index >= 15 is 0 Å². The number of ether oxygens (including phenoxy) is 1. The van der Waals surface area contributed by atoms with Crippen LogP contribution in [0.25, 0.3) is 10.8 Å². The summed E-state index contributed by atoms with van der Waals surface area (Å²) < 4.78 is 18.3. The van der Waals surface area contributed by atoms with Crippen molar-refractivity contribution in [1.82, 2.24) is 0 Å². The molecule has 0 radical (unpaired) electrons. The molecule has 0 bridgehead atoms. The van der Waals surface area contributed by atoms with Crippen LogP contribution in [0.15, 0.2) is 36.4 Å². The second-order valence-corrected chi connectivity index (χ2v) is 3.47. The first-order chi connectivity index (χ1) is 8.15. The molecule has 86 valence electrons. The molecule has 2 rings (SSSR count). The molecule has 0 amide bonds. The molecule has 0 aromatic heterocycles. The second kappa shape index (κ2) is 4.33. The second-order valence-electron chi connectivity index (χ2n) is 3.47. The molecule has 0 fully saturated rings. The number of carbonyl (C=O) groups is 2. The smallest absolute Gasteiger partial charge is 0.379 e. The lowest BCUT2D eigenvalue weighted by atomic mass is 10.0. The Balaban J connectivity index is 2.60. The number of ketones is 1. The van der Waals surface area contributed by atoms with Crippen LogP contribution in [0.1, 0.15) is 10.4 Å². The molecular weight excluding hydrogens is 223 g/mol. The average molecular weight is 232 g/mol. The van der Waals surface area contributed by atoms with E-state index in [0.717, 1.165) is 7.11 Å². The first kappa shape index (κ1) is 11.3. The number of Topliss-reactive ketones (excluding diaryl/α,β-unsaturated/α-hetero) is 1. The molecule has 0 aliphatic heterocycles. The molecule has 0 heterocycles. The zero-order chi connectivity index (χ0) is 12.4. The minimum absolute atomic E-state index is 0.268. The number of rotatable bonds is 2. The van der Waals surface area contributed by atoms with Crippen LogP contribution in [0.5, 0.6) is 0 Å². The van der Waals surface area contributed by atoms with Crippen LogP contribution in [-0.4, -0.2) is 18.9 Å². The van der Waals surface area contributed by atoms with Crippen LogP contribution in [0, 0.1) is 5.82 Å². The van der Waals surface area contributed by atoms with Crippen molar-refractivity contribution >= 4 is 22.5 Å². The molecule has 2 aromatic carbocycles. The zero-order valence-corrected chi connectivity index (χ0v) is 9.07. The van der Waals surface area contributed by atoms with E-state index in [-0.39, 0.29) is 5.56 Å². The van der Waals surface area contributed by atoms with Gasteiger partial charge in [0.05, 0.1) is 12.7 Å². The normalized spacial score (nSPS) is 10.2. The molecule has 4 heteroatoms. The van der Waals surface area contributed by atoms with Crippen LogP contribution in [0.4, 0.5) is 4.39 Å². The third kappa shape index (κ3) is 1.89. The molecule has 0 aliphatic rings. The van der Waals surface area contributed by atoms with E-state index in [0.29, 0.717) is 10.8 Å². The predicted octanol–water partition coefficient (Wildman–Crippen LogP) is 2.33. The summed E-state index contributed by atoms with van der Waals surface area (Å²) in [6.07, 6.45) is 0. The van der Waals surface area contributed by atoms with Gasteiger partial charge in [-0.2, -0.15) is 0 Å². The first-order valence-electron chi connectivity index (χ1n) is 4.95. The molecule has 0 spiro atoms. The van der Waals surface area contributed by atoms with E-state index in [4.69, 9.17) is 0 Å². The van der Waals surface area contributed by atoms with Gasteiger partial charge >= 0.3 is 5.97 Å². The molecule has 2 aromatic rings. The van der Waals surface area contributed by atoms with Crippen molar-refractivity contribution in [2.24, 2.45) is 0 Å². The first-order valence-corrected chi connectivity index (χ1v) is 4.95. The van der Waals surface area contributed by atoms with Crippen molar-refractivity contribution < 1.29 is 18.7 Å². The maximum absolute atomic E-state index is 14.0. The van der Waals surface area contributed by atoms with Gasteiger partial charge < -0.3 is 4.74 Å². The summed E-state index contributed by atoms with van der Waals surface area (Å²) in [5, 5.41) is 0.980. The molecule has 17 heavy (non-hydrogen) atoms. The van der Waals surface area contributed by atoms with Crippen LogP contribution in [0.2, 0.25) is 0 Å². The highest BCUT2D eigenvalue weighted by atomic mass is 19.1. The van der Waals surface area contributed by atoms with E-state index in [1.807, 2.05) is 0 Å². The average Bonchev–Trinajstić information content (AvgIpc) is 2.38. The maximum Gasteiger partial charge on any atom is 0.379 e. The highest BCUT2D eigenvalue weighted by Gasteiger charge is 2.21. The number of esters is 1. The Hall–Kier alpha value is -2.23. The largest absolute Gasteiger partial charge is 0.463 e. The number of methoxy groups -OCH3 is 1. The highest BCUT2D eigenvalue weighted by Crippen LogP contribution is 2.21. The van der Waals surface area contributed by atoms with Crippen LogP contribution in [-0.2, 0) is 9.53 Å². The Kier molecular flexibility index (Phi) is 2.87. The minimum atomic E-state index is -1.07. The fourth-order valence-corrected chi connectivity index (χ4v) is 1.61. The van der Waals surface area contributed by atoms with Gasteiger partial charge in [-0.05, 0) is 11.5 Å². The van der Waals surface area contributed by atoms with Crippen molar-refractivity contribution in [3.63, 3.8) is 0 Å². The number of hydrogen-bond acceptors (Lipinski definition) is 3. The van der Waals surface area contributed by atoms with Gasteiger partial charge in [-0.25, -0.2) is 9.18 Å². The molecule has 0 N–H and O–H groups in total. The minimum Gasteiger partial charge on any atom is -0.463 e. The molecule has 0 atom stereocenters. The van der Waals surface area contributed by atoms with Gasteiger partial charge in [-0.15, -0.1) is 0 Å². The Morgan fingerprint density at radius 2 is 1.82 bits per heavy atom. The van der Waals surface area contributed by atoms with Gasteiger partial charge in [-0.3, -0.25) is 4.79 Å². The van der Waals surface area contributed by atoms with Crippen molar-refractivity contribution in [1.29, 1.82) is 0 Å². The molecule has 3 nitrogen and oxygen atoms in total. The fourth-order valence-electron chi connectivity index (χ4n) is 1.61. The quantitative estimate of drug-likeness (QED) is 0.453. The standard InChI is InChI=1S/C13H9FO3/c1-17-13(16)12(15)10-7-6-8-4-2-3-5-9(8)11(10)14/h2-7H,1H3. The summed E-state index contributed by atoms with van der Waals surface area (Å²) in [4.78, 5) is 22.6. The van der Waals surface area contributed by atoms with Crippen molar-refractivity contribution in [2.75, 3.05) is 7.11 Å². The monoisotopic (exact) mass is 232 g/mol. The summed E-state index contributed by atoms with van der Waals surface area (Å²) in [7, 11) is 1.08. The number of hydrogen-bond donors (Lipinski definition) is 0. The lowest BCUT2D eigenvalue weighted by molar-refractivity contribution is -0.135. The Bertz CT molecular complexity index is 605. The number of benzene rings is 2. The van der Waals surface area contributed by atoms with Crippen LogP contribution >= 0.6 is 0 Å². The van der Waals surface area contributed by atoms with Crippen LogP contribution in [0.3, 0.4) is 0 Å². The van der Waals surface area contributed by atoms with Gasteiger partial charge in [0, 0.05) is 5.39 Å². The zero-order valence-electron chi connectivity index (χ0n) is 9.07. The molecule has 0 unspecified atom stereocenters. The topological polar surface area (TPSA) is 43.4 Å². The van der Waals surface area contributed by atoms with Gasteiger partial charge in [0.1, 0.15) is 5.82 Å². The lowest BCUT2D eigenvalue weighted by Gasteiger charge is -2.04. The van der Waals surface area contributed by atoms with Gasteiger partial charge in [0.15, 0.2) is 0 Å². The van der Waals surface area contributed by atoms with Crippen molar-refractivity contribution in [3.05, 3.63) is 47.8 Å². The fraction of sp³-hybridized carbons (Fsp3) is 0.0769. The Morgan fingerprint density at radius 3 is 2.53 bits per heavy atom. The predicted molar refractivity (Wildman–Crippen MR) is 60.3 cm³/mol. The highest BCUT2D eigenvalue weighted by molar-refractivity contribution is 6.41. The third-order valence-corrected chi connectivity index (χ3v) is 2.48. The Morgan fingerprint density at radius 1 is 1.12 bits per heavy atom. The van der Waals surface area contributed by atoms with Crippen molar-refractivity contribution in [3.8, 4) is 0 Å². The van der Waals surface area contributed by atoms with Crippen molar-refractivity contribution in [2.45, 2.75) is 0 Å². The van der Waals surface area contributed by atoms with E-state index in [2.05, 4.69) is 4.74 Å². The summed E-state index contributed by atoms with van der Waals surface area (Å²) in [5.74, 6) is -2.74. The van der Waals surface area contributed by atoms with Gasteiger partial charge in [-0.1, -0.05) is 30.3 Å².